The Hall–Kier alpha value is -1.39. The summed E-state index contributed by atoms with van der Waals surface area (Å²) in [5, 5.41) is 20.1. The van der Waals surface area contributed by atoms with Gasteiger partial charge in [-0.15, -0.1) is 0 Å². The van der Waals surface area contributed by atoms with Crippen LogP contribution in [-0.2, 0) is 4.79 Å². The minimum atomic E-state index is -0.336. The summed E-state index contributed by atoms with van der Waals surface area (Å²) in [6.45, 7) is 2.18. The number of carbonyl (C=O) groups excluding carboxylic acids is 1. The van der Waals surface area contributed by atoms with Gasteiger partial charge < -0.3 is 5.11 Å². The number of nitrogens with zero attached hydrogens (tertiary/aromatic N) is 1. The van der Waals surface area contributed by atoms with E-state index in [9.17, 15) is 14.9 Å². The van der Waals surface area contributed by atoms with Crippen molar-refractivity contribution in [3.8, 4) is 0 Å². The van der Waals surface area contributed by atoms with E-state index in [0.29, 0.717) is 0 Å². The van der Waals surface area contributed by atoms with E-state index < -0.39 is 0 Å². The zero-order chi connectivity index (χ0) is 20.2. The van der Waals surface area contributed by atoms with Gasteiger partial charge in [0.25, 0.3) is 6.29 Å². The number of hydrogen-bond donors (Lipinski definition) is 1. The molecule has 0 saturated carbocycles. The minimum absolute atomic E-state index is 0.0676. The molecule has 1 unspecified atom stereocenters. The molecule has 1 radical (unpaired) electrons. The lowest BCUT2D eigenvalue weighted by Gasteiger charge is -2.09. The molecule has 0 aromatic heterocycles. The molecule has 0 aliphatic heterocycles. The molecule has 0 heterocycles. The van der Waals surface area contributed by atoms with Crippen LogP contribution >= 0.6 is 0 Å². The third kappa shape index (κ3) is 17.8. The molecule has 0 amide bonds. The Balaban J connectivity index is 3.46. The third-order valence-corrected chi connectivity index (χ3v) is 5.12. The highest BCUT2D eigenvalue weighted by Gasteiger charge is 2.18. The third-order valence-electron chi connectivity index (χ3n) is 5.12. The Bertz CT molecular complexity index is 396. The summed E-state index contributed by atoms with van der Waals surface area (Å²) in [5.41, 5.74) is 0. The molecular formula is C22H40NO4. The van der Waals surface area contributed by atoms with Gasteiger partial charge in [-0.2, -0.15) is 0 Å². The molecule has 1 atom stereocenters. The Kier molecular flexibility index (Phi) is 18.4. The topological polar surface area (TPSA) is 80.4 Å². The Morgan fingerprint density at radius 1 is 0.889 bits per heavy atom. The van der Waals surface area contributed by atoms with Crippen molar-refractivity contribution in [2.24, 2.45) is 0 Å². The second kappa shape index (κ2) is 19.4. The molecule has 0 spiro atoms. The predicted molar refractivity (Wildman–Crippen MR) is 111 cm³/mol. The summed E-state index contributed by atoms with van der Waals surface area (Å²) in [6.07, 6.45) is 21.2. The maximum Gasteiger partial charge on any atom is 0.270 e. The zero-order valence-electron chi connectivity index (χ0n) is 17.3. The lowest BCUT2D eigenvalue weighted by molar-refractivity contribution is -0.524. The van der Waals surface area contributed by atoms with Gasteiger partial charge in [-0.3, -0.25) is 14.9 Å². The van der Waals surface area contributed by atoms with Crippen LogP contribution in [0.1, 0.15) is 116 Å². The molecular weight excluding hydrogens is 342 g/mol. The highest BCUT2D eigenvalue weighted by Crippen LogP contribution is 2.16. The minimum Gasteiger partial charge on any atom is -0.504 e. The Labute approximate surface area is 165 Å². The van der Waals surface area contributed by atoms with Gasteiger partial charge in [0.05, 0.1) is 0 Å². The average molecular weight is 383 g/mol. The van der Waals surface area contributed by atoms with Crippen LogP contribution in [0.5, 0.6) is 0 Å². The quantitative estimate of drug-likeness (QED) is 0.0822. The van der Waals surface area contributed by atoms with Gasteiger partial charge in [0.1, 0.15) is 0 Å². The molecule has 27 heavy (non-hydrogen) atoms. The second-order valence-corrected chi connectivity index (χ2v) is 7.59. The largest absolute Gasteiger partial charge is 0.504 e. The molecule has 5 nitrogen and oxygen atoms in total. The molecule has 5 heteroatoms. The van der Waals surface area contributed by atoms with Crippen LogP contribution < -0.4 is 0 Å². The predicted octanol–water partition coefficient (Wildman–Crippen LogP) is 6.83. The van der Waals surface area contributed by atoms with Crippen LogP contribution in [-0.4, -0.2) is 22.4 Å². The van der Waals surface area contributed by atoms with Crippen LogP contribution in [0.2, 0.25) is 0 Å². The van der Waals surface area contributed by atoms with E-state index in [2.05, 4.69) is 6.92 Å². The second-order valence-electron chi connectivity index (χ2n) is 7.59. The summed E-state index contributed by atoms with van der Waals surface area (Å²) in [6, 6.07) is -0.336. The van der Waals surface area contributed by atoms with E-state index in [1.165, 1.54) is 63.7 Å². The number of unbranched alkanes of at least 4 members (excludes halogenated alkanes) is 13. The number of rotatable bonds is 20. The van der Waals surface area contributed by atoms with E-state index in [4.69, 9.17) is 5.11 Å². The molecule has 1 N–H and O–H groups in total. The van der Waals surface area contributed by atoms with Crippen molar-refractivity contribution in [1.82, 2.24) is 0 Å². The van der Waals surface area contributed by atoms with Crippen LogP contribution in [0.3, 0.4) is 0 Å². The van der Waals surface area contributed by atoms with Gasteiger partial charge in [-0.25, -0.2) is 0 Å². The van der Waals surface area contributed by atoms with Crippen molar-refractivity contribution in [3.63, 3.8) is 0 Å². The van der Waals surface area contributed by atoms with Gasteiger partial charge in [0.2, 0.25) is 6.04 Å². The lowest BCUT2D eigenvalue weighted by atomic mass is 10.0. The highest BCUT2D eigenvalue weighted by atomic mass is 16.6. The molecule has 0 saturated heterocycles. The first-order chi connectivity index (χ1) is 13.1. The van der Waals surface area contributed by atoms with E-state index >= 15 is 0 Å². The van der Waals surface area contributed by atoms with Gasteiger partial charge in [-0.05, 0) is 31.8 Å². The fourth-order valence-electron chi connectivity index (χ4n) is 3.38. The van der Waals surface area contributed by atoms with Crippen LogP contribution in [0.15, 0.2) is 11.8 Å². The molecule has 0 bridgehead atoms. The van der Waals surface area contributed by atoms with Crippen molar-refractivity contribution in [1.29, 1.82) is 0 Å². The number of allylic oxidation sites excluding steroid dienone is 2. The summed E-state index contributed by atoms with van der Waals surface area (Å²) in [5.74, 6) is -0.286. The summed E-state index contributed by atoms with van der Waals surface area (Å²) < 4.78 is 0. The van der Waals surface area contributed by atoms with Gasteiger partial charge in [0, 0.05) is 17.8 Å². The molecule has 0 rings (SSSR count). The van der Waals surface area contributed by atoms with Crippen LogP contribution in [0, 0.1) is 10.1 Å². The maximum absolute atomic E-state index is 11.2. The molecule has 0 aliphatic rings. The summed E-state index contributed by atoms with van der Waals surface area (Å²) in [4.78, 5) is 21.2. The van der Waals surface area contributed by atoms with E-state index in [1.807, 2.05) is 0 Å². The smallest absolute Gasteiger partial charge is 0.270 e. The van der Waals surface area contributed by atoms with Crippen molar-refractivity contribution < 1.29 is 14.8 Å². The first-order valence-corrected chi connectivity index (χ1v) is 11.0. The summed E-state index contributed by atoms with van der Waals surface area (Å²) >= 11 is 0. The summed E-state index contributed by atoms with van der Waals surface area (Å²) in [7, 11) is 0. The number of nitro groups is 1. The van der Waals surface area contributed by atoms with E-state index in [1.54, 1.807) is 0 Å². The fraction of sp³-hybridized carbons (Fsp3) is 0.864. The first-order valence-electron chi connectivity index (χ1n) is 11.0. The van der Waals surface area contributed by atoms with Crippen molar-refractivity contribution in [2.75, 3.05) is 0 Å². The maximum atomic E-state index is 11.2. The SMILES string of the molecule is CCCCCCCC(CCCCCCCCCCCC=C(O)[C]=O)[N+](=O)[O-]. The number of aliphatic hydroxyl groups is 1. The first kappa shape index (κ1) is 25.6. The molecule has 0 aliphatic carbocycles. The Morgan fingerprint density at radius 2 is 1.33 bits per heavy atom. The average Bonchev–Trinajstić information content (AvgIpc) is 2.66. The Morgan fingerprint density at radius 3 is 1.78 bits per heavy atom. The van der Waals surface area contributed by atoms with Crippen LogP contribution in [0.4, 0.5) is 0 Å². The van der Waals surface area contributed by atoms with E-state index in [0.717, 1.165) is 57.8 Å². The van der Waals surface area contributed by atoms with E-state index in [-0.39, 0.29) is 16.7 Å². The zero-order valence-corrected chi connectivity index (χ0v) is 17.3. The number of aliphatic hydroxyl groups excluding tert-OH is 1. The monoisotopic (exact) mass is 382 g/mol. The fourth-order valence-corrected chi connectivity index (χ4v) is 3.38. The number of hydrogen-bond acceptors (Lipinski definition) is 4. The molecule has 157 valence electrons. The molecule has 0 aromatic rings. The molecule has 0 aromatic carbocycles. The van der Waals surface area contributed by atoms with Gasteiger partial charge >= 0.3 is 0 Å². The lowest BCUT2D eigenvalue weighted by Crippen LogP contribution is -2.19. The van der Waals surface area contributed by atoms with Gasteiger partial charge in [-0.1, -0.05) is 77.6 Å². The normalized spacial score (nSPS) is 12.9. The van der Waals surface area contributed by atoms with Crippen molar-refractivity contribution in [2.45, 2.75) is 122 Å². The highest BCUT2D eigenvalue weighted by molar-refractivity contribution is 5.70. The van der Waals surface area contributed by atoms with Gasteiger partial charge in [0.15, 0.2) is 5.76 Å². The molecule has 0 fully saturated rings. The van der Waals surface area contributed by atoms with Crippen LogP contribution in [0.25, 0.3) is 0 Å². The standard InChI is InChI=1S/C22H40NO4/c1-2-3-4-11-14-17-21(23(26)27)18-15-12-9-7-5-6-8-10-13-16-19-22(25)20-24/h19,21,25H,2-18H2,1H3. The van der Waals surface area contributed by atoms with Crippen molar-refractivity contribution in [3.05, 3.63) is 21.9 Å². The van der Waals surface area contributed by atoms with Crippen molar-refractivity contribution >= 4 is 6.29 Å².